The molecule has 0 fully saturated rings. The maximum absolute atomic E-state index is 11.1. The van der Waals surface area contributed by atoms with Crippen LogP contribution in [0.25, 0.3) is 0 Å². The summed E-state index contributed by atoms with van der Waals surface area (Å²) in [4.78, 5) is 22.0. The zero-order valence-electron chi connectivity index (χ0n) is 8.82. The molecule has 4 nitrogen and oxygen atoms in total. The molecule has 14 heavy (non-hydrogen) atoms. The van der Waals surface area contributed by atoms with Crippen molar-refractivity contribution in [2.75, 3.05) is 12.4 Å². The first kappa shape index (κ1) is 13.2. The zero-order chi connectivity index (χ0) is 11.2. The van der Waals surface area contributed by atoms with Crippen LogP contribution in [0.4, 0.5) is 4.79 Å². The van der Waals surface area contributed by atoms with E-state index in [1.54, 1.807) is 0 Å². The van der Waals surface area contributed by atoms with E-state index < -0.39 is 6.03 Å². The molecule has 0 heterocycles. The number of rotatable bonds is 3. The van der Waals surface area contributed by atoms with Crippen LogP contribution in [0, 0.1) is 5.41 Å². The number of nitrogens with one attached hydrogen (secondary N) is 2. The number of urea groups is 1. The van der Waals surface area contributed by atoms with Crippen molar-refractivity contribution in [3.8, 4) is 0 Å². The maximum Gasteiger partial charge on any atom is 0.321 e. The second-order valence-corrected chi connectivity index (χ2v) is 4.61. The van der Waals surface area contributed by atoms with Gasteiger partial charge in [-0.25, -0.2) is 4.79 Å². The van der Waals surface area contributed by atoms with Gasteiger partial charge in [0.1, 0.15) is 0 Å². The summed E-state index contributed by atoms with van der Waals surface area (Å²) in [5.41, 5.74) is 0.00682. The molecule has 0 radical (unpaired) electrons. The molecule has 0 unspecified atom stereocenters. The number of halogens is 1. The van der Waals surface area contributed by atoms with Crippen LogP contribution in [0.3, 0.4) is 0 Å². The van der Waals surface area contributed by atoms with Crippen molar-refractivity contribution in [1.29, 1.82) is 0 Å². The van der Waals surface area contributed by atoms with Crippen LogP contribution in [0.2, 0.25) is 0 Å². The third kappa shape index (κ3) is 7.86. The Kier molecular flexibility index (Phi) is 5.53. The highest BCUT2D eigenvalue weighted by molar-refractivity contribution is 6.19. The molecule has 0 aliphatic rings. The summed E-state index contributed by atoms with van der Waals surface area (Å²) >= 11 is 5.34. The minimum absolute atomic E-state index is 0.00682. The highest BCUT2D eigenvalue weighted by Crippen LogP contribution is 2.09. The second-order valence-electron chi connectivity index (χ2n) is 4.23. The van der Waals surface area contributed by atoms with Crippen LogP contribution in [0.5, 0.6) is 0 Å². The van der Waals surface area contributed by atoms with Gasteiger partial charge in [-0.05, 0) is 5.41 Å². The molecule has 0 aromatic rings. The molecular formula is C9H17ClN2O2. The van der Waals surface area contributed by atoms with Gasteiger partial charge in [-0.3, -0.25) is 10.1 Å². The molecule has 0 saturated heterocycles. The van der Waals surface area contributed by atoms with E-state index in [-0.39, 0.29) is 23.6 Å². The monoisotopic (exact) mass is 220 g/mol. The van der Waals surface area contributed by atoms with Crippen molar-refractivity contribution in [3.05, 3.63) is 0 Å². The number of hydrogen-bond acceptors (Lipinski definition) is 2. The molecule has 5 heteroatoms. The number of hydrogen-bond donors (Lipinski definition) is 2. The summed E-state index contributed by atoms with van der Waals surface area (Å²) in [6.07, 6.45) is 0.157. The van der Waals surface area contributed by atoms with Crippen LogP contribution in [-0.4, -0.2) is 24.4 Å². The van der Waals surface area contributed by atoms with Gasteiger partial charge in [-0.2, -0.15) is 0 Å². The van der Waals surface area contributed by atoms with Gasteiger partial charge in [0, 0.05) is 18.8 Å². The molecule has 0 aliphatic heterocycles. The minimum atomic E-state index is -0.463. The first-order chi connectivity index (χ1) is 6.35. The van der Waals surface area contributed by atoms with Crippen LogP contribution < -0.4 is 10.6 Å². The third-order valence-electron chi connectivity index (χ3n) is 1.35. The molecule has 0 aliphatic carbocycles. The SMILES string of the molecule is CC(C)(C)CNC(=O)NC(=O)CCCl. The summed E-state index contributed by atoms with van der Waals surface area (Å²) in [7, 11) is 0. The lowest BCUT2D eigenvalue weighted by molar-refractivity contribution is -0.119. The van der Waals surface area contributed by atoms with E-state index in [0.29, 0.717) is 6.54 Å². The van der Waals surface area contributed by atoms with E-state index in [0.717, 1.165) is 0 Å². The van der Waals surface area contributed by atoms with Gasteiger partial charge in [0.05, 0.1) is 0 Å². The third-order valence-corrected chi connectivity index (χ3v) is 1.54. The maximum atomic E-state index is 11.1. The molecule has 2 N–H and O–H groups in total. The Morgan fingerprint density at radius 2 is 1.86 bits per heavy atom. The Labute approximate surface area is 89.4 Å². The Bertz CT molecular complexity index is 211. The van der Waals surface area contributed by atoms with Gasteiger partial charge in [-0.1, -0.05) is 20.8 Å². The normalized spacial score (nSPS) is 10.9. The number of carbonyl (C=O) groups is 2. The van der Waals surface area contributed by atoms with Gasteiger partial charge in [0.25, 0.3) is 0 Å². The molecule has 0 aromatic heterocycles. The first-order valence-corrected chi connectivity index (χ1v) is 5.02. The molecular weight excluding hydrogens is 204 g/mol. The lowest BCUT2D eigenvalue weighted by Gasteiger charge is -2.18. The molecule has 0 saturated carbocycles. The Balaban J connectivity index is 3.71. The van der Waals surface area contributed by atoms with E-state index in [4.69, 9.17) is 11.6 Å². The Morgan fingerprint density at radius 1 is 1.29 bits per heavy atom. The summed E-state index contributed by atoms with van der Waals surface area (Å²) in [6, 6.07) is -0.463. The average molecular weight is 221 g/mol. The molecule has 0 aromatic carbocycles. The van der Waals surface area contributed by atoms with E-state index in [1.165, 1.54) is 0 Å². The summed E-state index contributed by atoms with van der Waals surface area (Å²) in [5, 5.41) is 4.78. The summed E-state index contributed by atoms with van der Waals surface area (Å²) < 4.78 is 0. The fourth-order valence-corrected chi connectivity index (χ4v) is 0.836. The molecule has 0 spiro atoms. The fourth-order valence-electron chi connectivity index (χ4n) is 0.665. The van der Waals surface area contributed by atoms with Crippen molar-refractivity contribution in [2.45, 2.75) is 27.2 Å². The van der Waals surface area contributed by atoms with Gasteiger partial charge in [0.15, 0.2) is 0 Å². The molecule has 0 rings (SSSR count). The predicted octanol–water partition coefficient (Wildman–Crippen LogP) is 1.49. The predicted molar refractivity (Wildman–Crippen MR) is 56.3 cm³/mol. The van der Waals surface area contributed by atoms with Crippen molar-refractivity contribution in [1.82, 2.24) is 10.6 Å². The van der Waals surface area contributed by atoms with Gasteiger partial charge in [-0.15, -0.1) is 11.6 Å². The smallest absolute Gasteiger partial charge is 0.321 e. The fraction of sp³-hybridized carbons (Fsp3) is 0.778. The Morgan fingerprint density at radius 3 is 2.29 bits per heavy atom. The van der Waals surface area contributed by atoms with Crippen molar-refractivity contribution < 1.29 is 9.59 Å². The van der Waals surface area contributed by atoms with Crippen LogP contribution >= 0.6 is 11.6 Å². The topological polar surface area (TPSA) is 58.2 Å². The van der Waals surface area contributed by atoms with Gasteiger partial charge in [0.2, 0.25) is 5.91 Å². The molecule has 0 bridgehead atoms. The molecule has 82 valence electrons. The number of imide groups is 1. The zero-order valence-corrected chi connectivity index (χ0v) is 9.57. The van der Waals surface area contributed by atoms with Crippen molar-refractivity contribution >= 4 is 23.5 Å². The lowest BCUT2D eigenvalue weighted by Crippen LogP contribution is -2.42. The van der Waals surface area contributed by atoms with Crippen LogP contribution in [0.15, 0.2) is 0 Å². The summed E-state index contributed by atoms with van der Waals surface area (Å²) in [5.74, 6) is -0.135. The largest absolute Gasteiger partial charge is 0.337 e. The van der Waals surface area contributed by atoms with Crippen LogP contribution in [0.1, 0.15) is 27.2 Å². The van der Waals surface area contributed by atoms with Crippen molar-refractivity contribution in [3.63, 3.8) is 0 Å². The van der Waals surface area contributed by atoms with Crippen LogP contribution in [-0.2, 0) is 4.79 Å². The van der Waals surface area contributed by atoms with Gasteiger partial charge < -0.3 is 5.32 Å². The number of carbonyl (C=O) groups excluding carboxylic acids is 2. The lowest BCUT2D eigenvalue weighted by atomic mass is 9.97. The van der Waals surface area contributed by atoms with E-state index >= 15 is 0 Å². The highest BCUT2D eigenvalue weighted by Gasteiger charge is 2.12. The second kappa shape index (κ2) is 5.86. The molecule has 0 atom stereocenters. The van der Waals surface area contributed by atoms with E-state index in [2.05, 4.69) is 10.6 Å². The number of amides is 3. The quantitative estimate of drug-likeness (QED) is 0.708. The average Bonchev–Trinajstić information content (AvgIpc) is 2.00. The standard InChI is InChI=1S/C9H17ClN2O2/c1-9(2,3)6-11-8(14)12-7(13)4-5-10/h4-6H2,1-3H3,(H2,11,12,13,14). The molecule has 3 amide bonds. The first-order valence-electron chi connectivity index (χ1n) is 4.49. The Hall–Kier alpha value is -0.770. The highest BCUT2D eigenvalue weighted by atomic mass is 35.5. The number of alkyl halides is 1. The summed E-state index contributed by atoms with van der Waals surface area (Å²) in [6.45, 7) is 6.50. The van der Waals surface area contributed by atoms with Crippen molar-refractivity contribution in [2.24, 2.45) is 5.41 Å². The minimum Gasteiger partial charge on any atom is -0.337 e. The van der Waals surface area contributed by atoms with Gasteiger partial charge >= 0.3 is 6.03 Å². The van der Waals surface area contributed by atoms with E-state index in [9.17, 15) is 9.59 Å². The van der Waals surface area contributed by atoms with E-state index in [1.807, 2.05) is 20.8 Å².